The SMILES string of the molecule is COc1ccc(C(Cl)c2c(Cl)cccc2Cl)cc1Cl. The lowest BCUT2D eigenvalue weighted by Crippen LogP contribution is -1.96. The van der Waals surface area contributed by atoms with Crippen LogP contribution in [0.2, 0.25) is 15.1 Å². The van der Waals surface area contributed by atoms with E-state index in [1.807, 2.05) is 6.07 Å². The van der Waals surface area contributed by atoms with Crippen LogP contribution in [0.4, 0.5) is 0 Å². The van der Waals surface area contributed by atoms with Crippen LogP contribution in [0.25, 0.3) is 0 Å². The Balaban J connectivity index is 2.44. The smallest absolute Gasteiger partial charge is 0.137 e. The summed E-state index contributed by atoms with van der Waals surface area (Å²) in [6, 6.07) is 10.6. The van der Waals surface area contributed by atoms with Crippen molar-refractivity contribution >= 4 is 46.4 Å². The predicted molar refractivity (Wildman–Crippen MR) is 82.2 cm³/mol. The predicted octanol–water partition coefficient (Wildman–Crippen LogP) is 5.98. The van der Waals surface area contributed by atoms with E-state index in [9.17, 15) is 0 Å². The Hall–Kier alpha value is -0.600. The molecule has 2 rings (SSSR count). The summed E-state index contributed by atoms with van der Waals surface area (Å²) in [5, 5.41) is 1.08. The molecule has 0 bridgehead atoms. The van der Waals surface area contributed by atoms with E-state index < -0.39 is 5.38 Å². The minimum atomic E-state index is -0.468. The zero-order valence-corrected chi connectivity index (χ0v) is 13.0. The van der Waals surface area contributed by atoms with E-state index in [2.05, 4.69) is 0 Å². The van der Waals surface area contributed by atoms with Crippen LogP contribution in [0.15, 0.2) is 36.4 Å². The summed E-state index contributed by atoms with van der Waals surface area (Å²) in [5.41, 5.74) is 1.48. The van der Waals surface area contributed by atoms with Gasteiger partial charge in [-0.25, -0.2) is 0 Å². The maximum Gasteiger partial charge on any atom is 0.137 e. The summed E-state index contributed by atoms with van der Waals surface area (Å²) >= 11 is 24.8. The molecule has 0 heterocycles. The number of benzene rings is 2. The molecule has 0 saturated carbocycles. The van der Waals surface area contributed by atoms with Crippen LogP contribution in [0.1, 0.15) is 16.5 Å². The summed E-state index contributed by atoms with van der Waals surface area (Å²) in [4.78, 5) is 0. The van der Waals surface area contributed by atoms with Crippen LogP contribution in [0, 0.1) is 0 Å². The topological polar surface area (TPSA) is 9.23 Å². The number of alkyl halides is 1. The Bertz CT molecular complexity index is 578. The lowest BCUT2D eigenvalue weighted by atomic mass is 10.0. The lowest BCUT2D eigenvalue weighted by Gasteiger charge is -2.15. The van der Waals surface area contributed by atoms with Gasteiger partial charge in [0.15, 0.2) is 0 Å². The molecule has 100 valence electrons. The van der Waals surface area contributed by atoms with Crippen molar-refractivity contribution in [3.05, 3.63) is 62.6 Å². The highest BCUT2D eigenvalue weighted by molar-refractivity contribution is 6.38. The van der Waals surface area contributed by atoms with Crippen molar-refractivity contribution < 1.29 is 4.74 Å². The van der Waals surface area contributed by atoms with Crippen molar-refractivity contribution in [1.82, 2.24) is 0 Å². The van der Waals surface area contributed by atoms with Crippen LogP contribution in [0.5, 0.6) is 5.75 Å². The Morgan fingerprint density at radius 1 is 0.947 bits per heavy atom. The first kappa shape index (κ1) is 14.8. The number of ether oxygens (including phenoxy) is 1. The maximum absolute atomic E-state index is 6.44. The fraction of sp³-hybridized carbons (Fsp3) is 0.143. The highest BCUT2D eigenvalue weighted by Crippen LogP contribution is 2.40. The fourth-order valence-electron chi connectivity index (χ4n) is 1.76. The van der Waals surface area contributed by atoms with Gasteiger partial charge in [0, 0.05) is 15.6 Å². The van der Waals surface area contributed by atoms with Gasteiger partial charge in [-0.1, -0.05) is 46.9 Å². The van der Waals surface area contributed by atoms with Crippen molar-refractivity contribution in [3.63, 3.8) is 0 Å². The van der Waals surface area contributed by atoms with Crippen molar-refractivity contribution in [2.45, 2.75) is 5.38 Å². The van der Waals surface area contributed by atoms with Gasteiger partial charge in [0.1, 0.15) is 5.75 Å². The van der Waals surface area contributed by atoms with Gasteiger partial charge in [-0.2, -0.15) is 0 Å². The van der Waals surface area contributed by atoms with Gasteiger partial charge >= 0.3 is 0 Å². The fourth-order valence-corrected chi connectivity index (χ4v) is 3.12. The molecule has 2 aromatic carbocycles. The molecule has 5 heteroatoms. The standard InChI is InChI=1S/C14H10Cl4O/c1-19-12-6-5-8(7-11(12)17)14(18)13-9(15)3-2-4-10(13)16/h2-7,14H,1H3. The summed E-state index contributed by atoms with van der Waals surface area (Å²) in [6.07, 6.45) is 0. The first-order chi connectivity index (χ1) is 9.04. The molecule has 0 aliphatic rings. The highest BCUT2D eigenvalue weighted by Gasteiger charge is 2.18. The third-order valence-corrected chi connectivity index (χ3v) is 4.15. The zero-order chi connectivity index (χ0) is 14.0. The van der Waals surface area contributed by atoms with Gasteiger partial charge in [-0.05, 0) is 29.8 Å². The number of halogens is 4. The monoisotopic (exact) mass is 334 g/mol. The molecule has 1 nitrogen and oxygen atoms in total. The average Bonchev–Trinajstić information content (AvgIpc) is 2.38. The molecule has 0 spiro atoms. The van der Waals surface area contributed by atoms with Crippen LogP contribution < -0.4 is 4.74 Å². The second kappa shape index (κ2) is 6.23. The quantitative estimate of drug-likeness (QED) is 0.626. The van der Waals surface area contributed by atoms with Gasteiger partial charge < -0.3 is 4.74 Å². The molecular formula is C14H10Cl4O. The van der Waals surface area contributed by atoms with E-state index >= 15 is 0 Å². The molecule has 0 fully saturated rings. The van der Waals surface area contributed by atoms with Crippen LogP contribution >= 0.6 is 46.4 Å². The van der Waals surface area contributed by atoms with E-state index in [-0.39, 0.29) is 0 Å². The molecule has 0 aliphatic heterocycles. The van der Waals surface area contributed by atoms with Crippen LogP contribution in [0.3, 0.4) is 0 Å². The number of hydrogen-bond acceptors (Lipinski definition) is 1. The van der Waals surface area contributed by atoms with Gasteiger partial charge in [0.05, 0.1) is 17.5 Å². The molecule has 0 radical (unpaired) electrons. The second-order valence-electron chi connectivity index (χ2n) is 3.89. The highest BCUT2D eigenvalue weighted by atomic mass is 35.5. The number of hydrogen-bond donors (Lipinski definition) is 0. The third-order valence-electron chi connectivity index (χ3n) is 2.72. The Morgan fingerprint density at radius 2 is 1.58 bits per heavy atom. The van der Waals surface area contributed by atoms with Crippen LogP contribution in [-0.4, -0.2) is 7.11 Å². The normalized spacial score (nSPS) is 12.3. The van der Waals surface area contributed by atoms with Gasteiger partial charge in [-0.3, -0.25) is 0 Å². The molecule has 1 atom stereocenters. The van der Waals surface area contributed by atoms with Gasteiger partial charge in [0.25, 0.3) is 0 Å². The first-order valence-corrected chi connectivity index (χ1v) is 7.03. The Labute approximate surface area is 132 Å². The molecule has 0 aliphatic carbocycles. The number of methoxy groups -OCH3 is 1. The number of rotatable bonds is 3. The minimum Gasteiger partial charge on any atom is -0.495 e. The Kier molecular flexibility index (Phi) is 4.86. The first-order valence-electron chi connectivity index (χ1n) is 5.46. The van der Waals surface area contributed by atoms with Crippen molar-refractivity contribution in [3.8, 4) is 5.75 Å². The van der Waals surface area contributed by atoms with E-state index in [1.165, 1.54) is 0 Å². The van der Waals surface area contributed by atoms with Crippen molar-refractivity contribution in [2.75, 3.05) is 7.11 Å². The lowest BCUT2D eigenvalue weighted by molar-refractivity contribution is 0.415. The molecule has 19 heavy (non-hydrogen) atoms. The van der Waals surface area contributed by atoms with E-state index in [1.54, 1.807) is 37.4 Å². The van der Waals surface area contributed by atoms with E-state index in [0.717, 1.165) is 5.56 Å². The van der Waals surface area contributed by atoms with Crippen molar-refractivity contribution in [1.29, 1.82) is 0 Å². The van der Waals surface area contributed by atoms with Crippen LogP contribution in [-0.2, 0) is 0 Å². The van der Waals surface area contributed by atoms with Gasteiger partial charge in [0.2, 0.25) is 0 Å². The minimum absolute atomic E-state index is 0.468. The summed E-state index contributed by atoms with van der Waals surface area (Å²) in [6.45, 7) is 0. The summed E-state index contributed by atoms with van der Waals surface area (Å²) < 4.78 is 5.11. The van der Waals surface area contributed by atoms with E-state index in [0.29, 0.717) is 26.4 Å². The largest absolute Gasteiger partial charge is 0.495 e. The average molecular weight is 336 g/mol. The zero-order valence-electron chi connectivity index (χ0n) is 9.96. The molecule has 0 N–H and O–H groups in total. The third kappa shape index (κ3) is 3.11. The summed E-state index contributed by atoms with van der Waals surface area (Å²) in [5.74, 6) is 0.597. The molecule has 2 aromatic rings. The maximum atomic E-state index is 6.44. The molecule has 0 aromatic heterocycles. The molecular weight excluding hydrogens is 326 g/mol. The summed E-state index contributed by atoms with van der Waals surface area (Å²) in [7, 11) is 1.56. The molecule has 0 saturated heterocycles. The molecule has 1 unspecified atom stereocenters. The van der Waals surface area contributed by atoms with Gasteiger partial charge in [-0.15, -0.1) is 11.6 Å². The molecule has 0 amide bonds. The van der Waals surface area contributed by atoms with E-state index in [4.69, 9.17) is 51.1 Å². The Morgan fingerprint density at radius 3 is 2.11 bits per heavy atom. The van der Waals surface area contributed by atoms with Crippen molar-refractivity contribution in [2.24, 2.45) is 0 Å². The second-order valence-corrected chi connectivity index (χ2v) is 5.55.